The Morgan fingerprint density at radius 3 is 2.79 bits per heavy atom. The van der Waals surface area contributed by atoms with Crippen LogP contribution in [0.3, 0.4) is 0 Å². The second kappa shape index (κ2) is 4.02. The monoisotopic (exact) mass is 268 g/mol. The van der Waals surface area contributed by atoms with Gasteiger partial charge >= 0.3 is 0 Å². The Kier molecular flexibility index (Phi) is 2.74. The second-order valence-corrected chi connectivity index (χ2v) is 4.70. The Hall–Kier alpha value is -1.00. The molecule has 0 fully saturated rings. The number of halogens is 1. The third-order valence-electron chi connectivity index (χ3n) is 1.79. The highest BCUT2D eigenvalue weighted by Crippen LogP contribution is 2.28. The lowest BCUT2D eigenvalue weighted by molar-refractivity contribution is 1.57. The molecule has 0 amide bonds. The lowest BCUT2D eigenvalue weighted by atomic mass is 10.3. The first-order valence-corrected chi connectivity index (χ1v) is 5.78. The zero-order valence-corrected chi connectivity index (χ0v) is 9.73. The van der Waals surface area contributed by atoms with E-state index in [1.54, 1.807) is 11.3 Å². The molecule has 0 bridgehead atoms. The van der Waals surface area contributed by atoms with Crippen molar-refractivity contribution < 1.29 is 0 Å². The molecule has 0 aliphatic heterocycles. The van der Waals surface area contributed by atoms with Crippen molar-refractivity contribution in [1.29, 1.82) is 0 Å². The molecule has 1 heterocycles. The maximum absolute atomic E-state index is 5.85. The summed E-state index contributed by atoms with van der Waals surface area (Å²) in [7, 11) is 0. The Morgan fingerprint density at radius 1 is 1.29 bits per heavy atom. The molecule has 3 N–H and O–H groups in total. The molecule has 72 valence electrons. The first-order chi connectivity index (χ1) is 6.75. The largest absolute Gasteiger partial charge is 0.397 e. The third kappa shape index (κ3) is 2.08. The van der Waals surface area contributed by atoms with Crippen molar-refractivity contribution in [2.75, 3.05) is 11.1 Å². The highest BCUT2D eigenvalue weighted by Gasteiger charge is 2.00. The Bertz CT molecular complexity index is 426. The standard InChI is InChI=1S/C10H9BrN2S/c11-7-3-4-9(8(12)6-7)13-10-2-1-5-14-10/h1-6,13H,12H2. The average Bonchev–Trinajstić information content (AvgIpc) is 2.62. The molecule has 0 spiro atoms. The van der Waals surface area contributed by atoms with Crippen LogP contribution in [0.1, 0.15) is 0 Å². The average molecular weight is 269 g/mol. The van der Waals surface area contributed by atoms with Gasteiger partial charge in [-0.05, 0) is 35.7 Å². The first kappa shape index (κ1) is 9.55. The van der Waals surface area contributed by atoms with E-state index in [1.165, 1.54) is 0 Å². The van der Waals surface area contributed by atoms with Gasteiger partial charge in [-0.15, -0.1) is 11.3 Å². The number of anilines is 3. The summed E-state index contributed by atoms with van der Waals surface area (Å²) >= 11 is 5.02. The van der Waals surface area contributed by atoms with Crippen LogP contribution in [0.4, 0.5) is 16.4 Å². The highest BCUT2D eigenvalue weighted by atomic mass is 79.9. The molecule has 2 aromatic rings. The zero-order chi connectivity index (χ0) is 9.97. The van der Waals surface area contributed by atoms with E-state index >= 15 is 0 Å². The number of thiophene rings is 1. The van der Waals surface area contributed by atoms with Crippen LogP contribution in [0, 0.1) is 0 Å². The molecule has 0 saturated carbocycles. The summed E-state index contributed by atoms with van der Waals surface area (Å²) in [6.45, 7) is 0. The van der Waals surface area contributed by atoms with E-state index in [0.717, 1.165) is 20.8 Å². The number of nitrogens with one attached hydrogen (secondary N) is 1. The Balaban J connectivity index is 2.25. The lowest BCUT2D eigenvalue weighted by Crippen LogP contribution is -1.94. The van der Waals surface area contributed by atoms with Gasteiger partial charge in [0.05, 0.1) is 16.4 Å². The van der Waals surface area contributed by atoms with E-state index in [4.69, 9.17) is 5.73 Å². The molecule has 2 rings (SSSR count). The molecular weight excluding hydrogens is 260 g/mol. The predicted octanol–water partition coefficient (Wildman–Crippen LogP) is 3.84. The maximum atomic E-state index is 5.85. The molecule has 0 unspecified atom stereocenters. The van der Waals surface area contributed by atoms with Crippen LogP contribution >= 0.6 is 27.3 Å². The quantitative estimate of drug-likeness (QED) is 0.813. The maximum Gasteiger partial charge on any atom is 0.0927 e. The minimum atomic E-state index is 0.743. The molecule has 14 heavy (non-hydrogen) atoms. The summed E-state index contributed by atoms with van der Waals surface area (Å²) in [6.07, 6.45) is 0. The van der Waals surface area contributed by atoms with Gasteiger partial charge < -0.3 is 11.1 Å². The molecule has 2 nitrogen and oxygen atoms in total. The van der Waals surface area contributed by atoms with E-state index in [0.29, 0.717) is 0 Å². The lowest BCUT2D eigenvalue weighted by Gasteiger charge is -2.07. The number of hydrogen-bond acceptors (Lipinski definition) is 3. The van der Waals surface area contributed by atoms with Crippen molar-refractivity contribution in [3.8, 4) is 0 Å². The van der Waals surface area contributed by atoms with E-state index in [-0.39, 0.29) is 0 Å². The smallest absolute Gasteiger partial charge is 0.0927 e. The topological polar surface area (TPSA) is 38.0 Å². The van der Waals surface area contributed by atoms with Crippen LogP contribution in [0.15, 0.2) is 40.2 Å². The van der Waals surface area contributed by atoms with E-state index < -0.39 is 0 Å². The van der Waals surface area contributed by atoms with Gasteiger partial charge in [0.1, 0.15) is 0 Å². The number of nitrogens with two attached hydrogens (primary N) is 1. The molecule has 4 heteroatoms. The molecule has 0 aliphatic rings. The van der Waals surface area contributed by atoms with Gasteiger partial charge in [0, 0.05) is 4.47 Å². The van der Waals surface area contributed by atoms with Gasteiger partial charge in [0.25, 0.3) is 0 Å². The van der Waals surface area contributed by atoms with Crippen molar-refractivity contribution in [3.63, 3.8) is 0 Å². The zero-order valence-electron chi connectivity index (χ0n) is 7.33. The normalized spacial score (nSPS) is 10.1. The SMILES string of the molecule is Nc1cc(Br)ccc1Nc1cccs1. The minimum Gasteiger partial charge on any atom is -0.397 e. The molecule has 0 atom stereocenters. The minimum absolute atomic E-state index is 0.743. The summed E-state index contributed by atoms with van der Waals surface area (Å²) in [5.41, 5.74) is 7.53. The Morgan fingerprint density at radius 2 is 2.14 bits per heavy atom. The number of rotatable bonds is 2. The van der Waals surface area contributed by atoms with Gasteiger partial charge in [-0.2, -0.15) is 0 Å². The van der Waals surface area contributed by atoms with Crippen molar-refractivity contribution in [2.45, 2.75) is 0 Å². The molecule has 0 radical (unpaired) electrons. The summed E-state index contributed by atoms with van der Waals surface area (Å²) in [6, 6.07) is 9.83. The third-order valence-corrected chi connectivity index (χ3v) is 3.07. The van der Waals surface area contributed by atoms with Crippen LogP contribution < -0.4 is 11.1 Å². The second-order valence-electron chi connectivity index (χ2n) is 2.83. The summed E-state index contributed by atoms with van der Waals surface area (Å²) < 4.78 is 0.992. The van der Waals surface area contributed by atoms with Crippen LogP contribution in [0.5, 0.6) is 0 Å². The fraction of sp³-hybridized carbons (Fsp3) is 0. The van der Waals surface area contributed by atoms with Crippen LogP contribution in [0.25, 0.3) is 0 Å². The molecule has 1 aromatic heterocycles. The fourth-order valence-electron chi connectivity index (χ4n) is 1.13. The summed E-state index contributed by atoms with van der Waals surface area (Å²) in [5, 5.41) is 6.37. The predicted molar refractivity (Wildman–Crippen MR) is 66.2 cm³/mol. The van der Waals surface area contributed by atoms with Gasteiger partial charge in [0.2, 0.25) is 0 Å². The van der Waals surface area contributed by atoms with Gasteiger partial charge in [-0.25, -0.2) is 0 Å². The number of hydrogen-bond donors (Lipinski definition) is 2. The van der Waals surface area contributed by atoms with Gasteiger partial charge in [0.15, 0.2) is 0 Å². The van der Waals surface area contributed by atoms with Gasteiger partial charge in [-0.1, -0.05) is 15.9 Å². The van der Waals surface area contributed by atoms with Crippen LogP contribution in [-0.2, 0) is 0 Å². The Labute approximate surface area is 94.9 Å². The van der Waals surface area contributed by atoms with E-state index in [1.807, 2.05) is 35.7 Å². The van der Waals surface area contributed by atoms with E-state index in [9.17, 15) is 0 Å². The van der Waals surface area contributed by atoms with Crippen molar-refractivity contribution in [3.05, 3.63) is 40.2 Å². The first-order valence-electron chi connectivity index (χ1n) is 4.11. The van der Waals surface area contributed by atoms with Gasteiger partial charge in [-0.3, -0.25) is 0 Å². The van der Waals surface area contributed by atoms with E-state index in [2.05, 4.69) is 21.2 Å². The molecule has 0 aliphatic carbocycles. The molecule has 0 saturated heterocycles. The van der Waals surface area contributed by atoms with Crippen molar-refractivity contribution in [1.82, 2.24) is 0 Å². The molecule has 1 aromatic carbocycles. The van der Waals surface area contributed by atoms with Crippen molar-refractivity contribution in [2.24, 2.45) is 0 Å². The van der Waals surface area contributed by atoms with Crippen molar-refractivity contribution >= 4 is 43.6 Å². The highest BCUT2D eigenvalue weighted by molar-refractivity contribution is 9.10. The number of nitrogen functional groups attached to an aromatic ring is 1. The van der Waals surface area contributed by atoms with Crippen LogP contribution in [-0.4, -0.2) is 0 Å². The molecular formula is C10H9BrN2S. The summed E-state index contributed by atoms with van der Waals surface area (Å²) in [4.78, 5) is 0. The number of benzene rings is 1. The summed E-state index contributed by atoms with van der Waals surface area (Å²) in [5.74, 6) is 0. The fourth-order valence-corrected chi connectivity index (χ4v) is 2.14. The van der Waals surface area contributed by atoms with Crippen LogP contribution in [0.2, 0.25) is 0 Å².